The Balaban J connectivity index is 1.80. The molecule has 0 aliphatic rings. The Bertz CT molecular complexity index is 1010. The second-order valence-electron chi connectivity index (χ2n) is 6.58. The van der Waals surface area contributed by atoms with E-state index < -0.39 is 17.1 Å². The molecule has 0 aliphatic heterocycles. The number of aromatic nitrogens is 2. The number of anilines is 1. The van der Waals surface area contributed by atoms with Crippen LogP contribution in [0.15, 0.2) is 65.8 Å². The fourth-order valence-corrected chi connectivity index (χ4v) is 3.44. The highest BCUT2D eigenvalue weighted by Gasteiger charge is 2.34. The molecule has 1 N–H and O–H groups in total. The lowest BCUT2D eigenvalue weighted by Crippen LogP contribution is -2.23. The molecule has 1 amide bonds. The molecule has 30 heavy (non-hydrogen) atoms. The Hall–Kier alpha value is -2.87. The van der Waals surface area contributed by atoms with E-state index >= 15 is 0 Å². The summed E-state index contributed by atoms with van der Waals surface area (Å²) in [6.45, 7) is 3.64. The fraction of sp³-hybridized carbons (Fsp3) is 0.227. The number of carbonyl (C=O) groups is 1. The first-order valence-electron chi connectivity index (χ1n) is 9.34. The van der Waals surface area contributed by atoms with E-state index in [9.17, 15) is 18.0 Å². The molecule has 1 aromatic heterocycles. The quantitative estimate of drug-likeness (QED) is 0.393. The summed E-state index contributed by atoms with van der Waals surface area (Å²) < 4.78 is 40.0. The lowest BCUT2D eigenvalue weighted by Gasteiger charge is -2.14. The molecule has 4 nitrogen and oxygen atoms in total. The third kappa shape index (κ3) is 5.60. The zero-order chi connectivity index (χ0) is 21.7. The topological polar surface area (TPSA) is 54.9 Å². The van der Waals surface area contributed by atoms with Crippen molar-refractivity contribution in [3.63, 3.8) is 0 Å². The summed E-state index contributed by atoms with van der Waals surface area (Å²) in [7, 11) is 0. The van der Waals surface area contributed by atoms with E-state index in [4.69, 9.17) is 0 Å². The van der Waals surface area contributed by atoms with Crippen LogP contribution in [0.4, 0.5) is 18.9 Å². The van der Waals surface area contributed by atoms with Crippen LogP contribution >= 0.6 is 11.8 Å². The standard InChI is InChI=1S/C22H20F3N3OS/c1-3-15-9-11-17(12-10-15)26-20(29)14(2)30-21-27-18(16-7-5-4-6-8-16)13-19(28-21)22(23,24)25/h4-14H,3H2,1-2H3,(H,26,29)/t14-/m1/s1. The number of carbonyl (C=O) groups excluding carboxylic acids is 1. The van der Waals surface area contributed by atoms with Crippen molar-refractivity contribution in [3.8, 4) is 11.3 Å². The molecule has 3 aromatic rings. The van der Waals surface area contributed by atoms with Crippen molar-refractivity contribution in [1.29, 1.82) is 0 Å². The highest BCUT2D eigenvalue weighted by molar-refractivity contribution is 8.00. The third-order valence-corrected chi connectivity index (χ3v) is 5.31. The summed E-state index contributed by atoms with van der Waals surface area (Å²) in [6, 6.07) is 16.9. The van der Waals surface area contributed by atoms with Crippen LogP contribution in [0.25, 0.3) is 11.3 Å². The second-order valence-corrected chi connectivity index (χ2v) is 7.89. The molecule has 0 bridgehead atoms. The predicted molar refractivity (Wildman–Crippen MR) is 112 cm³/mol. The Kier molecular flexibility index (Phi) is 6.77. The van der Waals surface area contributed by atoms with Gasteiger partial charge in [0.1, 0.15) is 5.69 Å². The lowest BCUT2D eigenvalue weighted by molar-refractivity contribution is -0.141. The van der Waals surface area contributed by atoms with E-state index in [1.54, 1.807) is 49.4 Å². The summed E-state index contributed by atoms with van der Waals surface area (Å²) in [6.07, 6.45) is -3.73. The molecule has 2 aromatic carbocycles. The normalized spacial score (nSPS) is 12.4. The molecule has 1 heterocycles. The van der Waals surface area contributed by atoms with E-state index in [0.29, 0.717) is 11.3 Å². The van der Waals surface area contributed by atoms with E-state index in [0.717, 1.165) is 29.8 Å². The van der Waals surface area contributed by atoms with Crippen molar-refractivity contribution < 1.29 is 18.0 Å². The van der Waals surface area contributed by atoms with Crippen LogP contribution in [-0.2, 0) is 17.4 Å². The van der Waals surface area contributed by atoms with E-state index in [-0.39, 0.29) is 16.8 Å². The molecule has 0 unspecified atom stereocenters. The van der Waals surface area contributed by atoms with Crippen LogP contribution < -0.4 is 5.32 Å². The summed E-state index contributed by atoms with van der Waals surface area (Å²) in [4.78, 5) is 20.4. The van der Waals surface area contributed by atoms with Crippen LogP contribution in [-0.4, -0.2) is 21.1 Å². The molecule has 0 saturated carbocycles. The summed E-state index contributed by atoms with van der Waals surface area (Å²) in [5.74, 6) is -0.341. The minimum atomic E-state index is -4.62. The molecule has 0 aliphatic carbocycles. The maximum atomic E-state index is 13.3. The van der Waals surface area contributed by atoms with Gasteiger partial charge in [-0.2, -0.15) is 13.2 Å². The van der Waals surface area contributed by atoms with Gasteiger partial charge in [-0.1, -0.05) is 61.2 Å². The van der Waals surface area contributed by atoms with Crippen LogP contribution in [0.5, 0.6) is 0 Å². The monoisotopic (exact) mass is 431 g/mol. The highest BCUT2D eigenvalue weighted by Crippen LogP contribution is 2.33. The number of hydrogen-bond donors (Lipinski definition) is 1. The van der Waals surface area contributed by atoms with Crippen LogP contribution in [0.3, 0.4) is 0 Å². The van der Waals surface area contributed by atoms with Gasteiger partial charge >= 0.3 is 6.18 Å². The van der Waals surface area contributed by atoms with E-state index in [1.165, 1.54) is 0 Å². The molecule has 156 valence electrons. The van der Waals surface area contributed by atoms with Crippen molar-refractivity contribution >= 4 is 23.4 Å². The number of nitrogens with zero attached hydrogens (tertiary/aromatic N) is 2. The van der Waals surface area contributed by atoms with Crippen molar-refractivity contribution in [3.05, 3.63) is 71.9 Å². The fourth-order valence-electron chi connectivity index (χ4n) is 2.66. The van der Waals surface area contributed by atoms with Gasteiger partial charge in [0.15, 0.2) is 5.16 Å². The van der Waals surface area contributed by atoms with Crippen molar-refractivity contribution in [2.45, 2.75) is 36.9 Å². The van der Waals surface area contributed by atoms with Gasteiger partial charge in [0.25, 0.3) is 0 Å². The van der Waals surface area contributed by atoms with Gasteiger partial charge in [0.2, 0.25) is 5.91 Å². The molecule has 3 rings (SSSR count). The molecule has 0 fully saturated rings. The number of hydrogen-bond acceptors (Lipinski definition) is 4. The van der Waals surface area contributed by atoms with Crippen molar-refractivity contribution in [1.82, 2.24) is 9.97 Å². The number of alkyl halides is 3. The van der Waals surface area contributed by atoms with Crippen LogP contribution in [0.1, 0.15) is 25.1 Å². The number of halogens is 3. The Morgan fingerprint density at radius 2 is 1.73 bits per heavy atom. The number of thioether (sulfide) groups is 1. The van der Waals surface area contributed by atoms with Gasteiger partial charge < -0.3 is 5.32 Å². The zero-order valence-corrected chi connectivity index (χ0v) is 17.2. The van der Waals surface area contributed by atoms with Gasteiger partial charge in [0.05, 0.1) is 10.9 Å². The van der Waals surface area contributed by atoms with Crippen LogP contribution in [0, 0.1) is 0 Å². The largest absolute Gasteiger partial charge is 0.433 e. The van der Waals surface area contributed by atoms with Gasteiger partial charge in [-0.15, -0.1) is 0 Å². The highest BCUT2D eigenvalue weighted by atomic mass is 32.2. The van der Waals surface area contributed by atoms with Gasteiger partial charge in [-0.3, -0.25) is 4.79 Å². The minimum absolute atomic E-state index is 0.104. The second kappa shape index (κ2) is 9.30. The van der Waals surface area contributed by atoms with Crippen LogP contribution in [0.2, 0.25) is 0 Å². The van der Waals surface area contributed by atoms with E-state index in [2.05, 4.69) is 15.3 Å². The molecule has 0 saturated heterocycles. The van der Waals surface area contributed by atoms with Gasteiger partial charge in [-0.05, 0) is 37.1 Å². The summed E-state index contributed by atoms with van der Waals surface area (Å²) in [5, 5.41) is 1.97. The van der Waals surface area contributed by atoms with E-state index in [1.807, 2.05) is 19.1 Å². The van der Waals surface area contributed by atoms with Gasteiger partial charge in [-0.25, -0.2) is 9.97 Å². The number of aryl methyl sites for hydroxylation is 1. The lowest BCUT2D eigenvalue weighted by atomic mass is 10.1. The summed E-state index contributed by atoms with van der Waals surface area (Å²) in [5.41, 5.74) is 1.42. The average Bonchev–Trinajstić information content (AvgIpc) is 2.74. The molecule has 0 radical (unpaired) electrons. The number of rotatable bonds is 6. The number of amides is 1. The number of nitrogens with one attached hydrogen (secondary N) is 1. The molecule has 1 atom stereocenters. The van der Waals surface area contributed by atoms with Crippen molar-refractivity contribution in [2.24, 2.45) is 0 Å². The Morgan fingerprint density at radius 3 is 2.33 bits per heavy atom. The smallest absolute Gasteiger partial charge is 0.325 e. The zero-order valence-electron chi connectivity index (χ0n) is 16.4. The average molecular weight is 431 g/mol. The first kappa shape index (κ1) is 21.8. The molecular weight excluding hydrogens is 411 g/mol. The molecular formula is C22H20F3N3OS. The molecule has 8 heteroatoms. The van der Waals surface area contributed by atoms with Crippen molar-refractivity contribution in [2.75, 3.05) is 5.32 Å². The first-order chi connectivity index (χ1) is 14.3. The van der Waals surface area contributed by atoms with Gasteiger partial charge in [0, 0.05) is 11.3 Å². The first-order valence-corrected chi connectivity index (χ1v) is 10.2. The third-order valence-electron chi connectivity index (χ3n) is 4.35. The maximum Gasteiger partial charge on any atom is 0.433 e. The Morgan fingerprint density at radius 1 is 1.07 bits per heavy atom. The predicted octanol–water partition coefficient (Wildman–Crippen LogP) is 5.84. The number of benzene rings is 2. The SMILES string of the molecule is CCc1ccc(NC(=O)[C@@H](C)Sc2nc(-c3ccccc3)cc(C(F)(F)F)n2)cc1. The maximum absolute atomic E-state index is 13.3. The molecule has 0 spiro atoms. The minimum Gasteiger partial charge on any atom is -0.325 e. The summed E-state index contributed by atoms with van der Waals surface area (Å²) >= 11 is 0.883. The Labute approximate surface area is 177 Å².